The summed E-state index contributed by atoms with van der Waals surface area (Å²) in [5.74, 6) is 0. The van der Waals surface area contributed by atoms with Gasteiger partial charge in [0.05, 0.1) is 12.7 Å². The first-order valence-corrected chi connectivity index (χ1v) is 5.13. The van der Waals surface area contributed by atoms with Gasteiger partial charge in [0.15, 0.2) is 6.29 Å². The topological polar surface area (TPSA) is 116 Å². The van der Waals surface area contributed by atoms with Crippen molar-refractivity contribution in [2.75, 3.05) is 6.61 Å². The molecule has 1 heterocycles. The minimum absolute atomic E-state index is 0.0230. The Morgan fingerprint density at radius 3 is 2.46 bits per heavy atom. The summed E-state index contributed by atoms with van der Waals surface area (Å²) in [5.41, 5.74) is 0. The Morgan fingerprint density at radius 2 is 2.08 bits per heavy atom. The predicted molar refractivity (Wildman–Crippen MR) is 39.5 cm³/mol. The molecule has 13 heavy (non-hydrogen) atoms. The molecule has 0 saturated carbocycles. The Bertz CT molecular complexity index is 213. The van der Waals surface area contributed by atoms with E-state index < -0.39 is 32.9 Å². The maximum absolute atomic E-state index is 10.2. The molecule has 7 nitrogen and oxygen atoms in total. The molecule has 1 fully saturated rings. The standard InChI is InChI=1S/C5H11O7P/c6-3-1-5(7)12-4(3)2-11-13(8,9)10/h3-7H,1-2H2,(H2,8,9,10)/t3-,4-,5-/m1/s1. The van der Waals surface area contributed by atoms with Gasteiger partial charge < -0.3 is 24.7 Å². The number of phosphoric ester groups is 1. The van der Waals surface area contributed by atoms with Crippen molar-refractivity contribution in [1.82, 2.24) is 0 Å². The molecule has 0 radical (unpaired) electrons. The van der Waals surface area contributed by atoms with Gasteiger partial charge in [0.1, 0.15) is 6.10 Å². The van der Waals surface area contributed by atoms with Gasteiger partial charge in [0.25, 0.3) is 0 Å². The minimum atomic E-state index is -4.54. The Hall–Kier alpha value is -0.0100. The minimum Gasteiger partial charge on any atom is -0.390 e. The van der Waals surface area contributed by atoms with Crippen LogP contribution in [0.25, 0.3) is 0 Å². The van der Waals surface area contributed by atoms with Crippen LogP contribution in [-0.2, 0) is 13.8 Å². The third-order valence-corrected chi connectivity index (χ3v) is 2.10. The Kier molecular flexibility index (Phi) is 3.42. The molecule has 4 N–H and O–H groups in total. The average molecular weight is 214 g/mol. The van der Waals surface area contributed by atoms with Gasteiger partial charge in [0, 0.05) is 6.42 Å². The SMILES string of the molecule is O=P(O)(O)OC[C@H]1O[C@@H](O)C[C@H]1O. The third-order valence-electron chi connectivity index (χ3n) is 1.61. The smallest absolute Gasteiger partial charge is 0.390 e. The van der Waals surface area contributed by atoms with E-state index in [0.717, 1.165) is 0 Å². The molecule has 3 atom stereocenters. The summed E-state index contributed by atoms with van der Waals surface area (Å²) in [6, 6.07) is 0. The largest absolute Gasteiger partial charge is 0.469 e. The first-order chi connectivity index (χ1) is 5.88. The van der Waals surface area contributed by atoms with Crippen LogP contribution in [0, 0.1) is 0 Å². The molecule has 0 bridgehead atoms. The number of phosphoric acid groups is 1. The van der Waals surface area contributed by atoms with E-state index in [9.17, 15) is 4.57 Å². The van der Waals surface area contributed by atoms with E-state index in [0.29, 0.717) is 0 Å². The average Bonchev–Trinajstić information content (AvgIpc) is 2.24. The molecule has 8 heteroatoms. The lowest BCUT2D eigenvalue weighted by molar-refractivity contribution is -0.106. The second-order valence-corrected chi connectivity index (χ2v) is 3.96. The van der Waals surface area contributed by atoms with E-state index in [2.05, 4.69) is 4.52 Å². The van der Waals surface area contributed by atoms with Crippen LogP contribution in [0.2, 0.25) is 0 Å². The first kappa shape index (κ1) is 11.1. The Balaban J connectivity index is 2.34. The second-order valence-electron chi connectivity index (χ2n) is 2.72. The van der Waals surface area contributed by atoms with Crippen LogP contribution < -0.4 is 0 Å². The monoisotopic (exact) mass is 214 g/mol. The number of aliphatic hydroxyl groups is 2. The summed E-state index contributed by atoms with van der Waals surface area (Å²) >= 11 is 0. The van der Waals surface area contributed by atoms with Crippen molar-refractivity contribution in [2.24, 2.45) is 0 Å². The molecule has 0 aromatic heterocycles. The molecular formula is C5H11O7P. The van der Waals surface area contributed by atoms with Gasteiger partial charge in [-0.25, -0.2) is 4.57 Å². The van der Waals surface area contributed by atoms with E-state index in [4.69, 9.17) is 24.7 Å². The van der Waals surface area contributed by atoms with Gasteiger partial charge in [-0.15, -0.1) is 0 Å². The lowest BCUT2D eigenvalue weighted by Gasteiger charge is -2.13. The van der Waals surface area contributed by atoms with Gasteiger partial charge in [-0.05, 0) is 0 Å². The van der Waals surface area contributed by atoms with Crippen molar-refractivity contribution in [3.05, 3.63) is 0 Å². The van der Waals surface area contributed by atoms with E-state index >= 15 is 0 Å². The van der Waals surface area contributed by atoms with Crippen LogP contribution in [0.5, 0.6) is 0 Å². The van der Waals surface area contributed by atoms with Gasteiger partial charge in [-0.2, -0.15) is 0 Å². The van der Waals surface area contributed by atoms with Crippen molar-refractivity contribution >= 4 is 7.82 Å². The number of ether oxygens (including phenoxy) is 1. The van der Waals surface area contributed by atoms with E-state index in [-0.39, 0.29) is 6.42 Å². The molecule has 78 valence electrons. The van der Waals surface area contributed by atoms with Crippen molar-refractivity contribution in [2.45, 2.75) is 24.9 Å². The molecule has 0 amide bonds. The van der Waals surface area contributed by atoms with Crippen molar-refractivity contribution < 1.29 is 33.8 Å². The van der Waals surface area contributed by atoms with Crippen molar-refractivity contribution in [1.29, 1.82) is 0 Å². The molecule has 1 aliphatic heterocycles. The van der Waals surface area contributed by atoms with Crippen LogP contribution >= 0.6 is 7.82 Å². The van der Waals surface area contributed by atoms with Gasteiger partial charge >= 0.3 is 7.82 Å². The Labute approximate surface area is 74.1 Å². The second kappa shape index (κ2) is 4.02. The fourth-order valence-electron chi connectivity index (χ4n) is 1.03. The van der Waals surface area contributed by atoms with Crippen molar-refractivity contribution in [3.8, 4) is 0 Å². The number of hydrogen-bond acceptors (Lipinski definition) is 5. The van der Waals surface area contributed by atoms with Crippen molar-refractivity contribution in [3.63, 3.8) is 0 Å². The van der Waals surface area contributed by atoms with E-state index in [1.54, 1.807) is 0 Å². The highest BCUT2D eigenvalue weighted by atomic mass is 31.2. The highest BCUT2D eigenvalue weighted by Crippen LogP contribution is 2.36. The summed E-state index contributed by atoms with van der Waals surface area (Å²) < 4.78 is 19.1. The summed E-state index contributed by atoms with van der Waals surface area (Å²) in [4.78, 5) is 16.6. The van der Waals surface area contributed by atoms with Crippen LogP contribution in [0.1, 0.15) is 6.42 Å². The van der Waals surface area contributed by atoms with Crippen LogP contribution in [0.4, 0.5) is 0 Å². The molecule has 1 saturated heterocycles. The quantitative estimate of drug-likeness (QED) is 0.425. The summed E-state index contributed by atoms with van der Waals surface area (Å²) in [6.45, 7) is -0.442. The molecule has 0 spiro atoms. The molecule has 1 rings (SSSR count). The lowest BCUT2D eigenvalue weighted by atomic mass is 10.2. The molecule has 0 aromatic rings. The van der Waals surface area contributed by atoms with Crippen LogP contribution in [-0.4, -0.2) is 45.1 Å². The zero-order chi connectivity index (χ0) is 10.1. The fraction of sp³-hybridized carbons (Fsp3) is 1.00. The summed E-state index contributed by atoms with van der Waals surface area (Å²) in [6.07, 6.45) is -2.92. The van der Waals surface area contributed by atoms with Gasteiger partial charge in [-0.3, -0.25) is 4.52 Å². The molecular weight excluding hydrogens is 203 g/mol. The highest BCUT2D eigenvalue weighted by Gasteiger charge is 2.34. The maximum atomic E-state index is 10.2. The maximum Gasteiger partial charge on any atom is 0.469 e. The summed E-state index contributed by atoms with van der Waals surface area (Å²) in [5, 5.41) is 18.0. The van der Waals surface area contributed by atoms with Gasteiger partial charge in [-0.1, -0.05) is 0 Å². The number of hydrogen-bond donors (Lipinski definition) is 4. The third kappa shape index (κ3) is 3.70. The van der Waals surface area contributed by atoms with Gasteiger partial charge in [0.2, 0.25) is 0 Å². The zero-order valence-electron chi connectivity index (χ0n) is 6.61. The Morgan fingerprint density at radius 1 is 1.46 bits per heavy atom. The molecule has 0 aromatic carbocycles. The predicted octanol–water partition coefficient (Wildman–Crippen LogP) is -1.44. The lowest BCUT2D eigenvalue weighted by Crippen LogP contribution is -2.25. The van der Waals surface area contributed by atoms with Crippen LogP contribution in [0.15, 0.2) is 0 Å². The molecule has 1 aliphatic rings. The van der Waals surface area contributed by atoms with Crippen LogP contribution in [0.3, 0.4) is 0 Å². The number of aliphatic hydroxyl groups excluding tert-OH is 2. The number of rotatable bonds is 3. The molecule has 0 aliphatic carbocycles. The highest BCUT2D eigenvalue weighted by molar-refractivity contribution is 7.46. The fourth-order valence-corrected chi connectivity index (χ4v) is 1.37. The van der Waals surface area contributed by atoms with E-state index in [1.165, 1.54) is 0 Å². The zero-order valence-corrected chi connectivity index (χ0v) is 7.50. The normalized spacial score (nSPS) is 35.2. The molecule has 0 unspecified atom stereocenters. The summed E-state index contributed by atoms with van der Waals surface area (Å²) in [7, 11) is -4.54. The van der Waals surface area contributed by atoms with E-state index in [1.807, 2.05) is 0 Å². The first-order valence-electron chi connectivity index (χ1n) is 3.60.